The molecule has 5 heteroatoms. The number of nitrogens with one attached hydrogen (secondary N) is 1. The van der Waals surface area contributed by atoms with Crippen molar-refractivity contribution in [3.8, 4) is 0 Å². The van der Waals surface area contributed by atoms with Crippen molar-refractivity contribution in [3.05, 3.63) is 23.5 Å². The van der Waals surface area contributed by atoms with Gasteiger partial charge in [-0.3, -0.25) is 15.6 Å². The average molecular weight is 236 g/mol. The highest BCUT2D eigenvalue weighted by Crippen LogP contribution is 2.17. The zero-order valence-electron chi connectivity index (χ0n) is 10.8. The first-order chi connectivity index (χ1) is 8.01. The molecule has 17 heavy (non-hydrogen) atoms. The summed E-state index contributed by atoms with van der Waals surface area (Å²) in [7, 11) is 1.79. The molecule has 1 rings (SSSR count). The molecule has 0 aliphatic heterocycles. The van der Waals surface area contributed by atoms with E-state index >= 15 is 0 Å². The maximum atomic E-state index is 12.2. The Balaban J connectivity index is 3.03. The molecule has 0 bridgehead atoms. The summed E-state index contributed by atoms with van der Waals surface area (Å²) in [6.45, 7) is 5.91. The first-order valence-electron chi connectivity index (χ1n) is 5.71. The van der Waals surface area contributed by atoms with Gasteiger partial charge in [0.15, 0.2) is 0 Å². The van der Waals surface area contributed by atoms with Gasteiger partial charge >= 0.3 is 0 Å². The van der Waals surface area contributed by atoms with E-state index in [0.29, 0.717) is 11.3 Å². The Morgan fingerprint density at radius 1 is 1.65 bits per heavy atom. The largest absolute Gasteiger partial charge is 0.339 e. The second-order valence-electron chi connectivity index (χ2n) is 4.19. The Morgan fingerprint density at radius 2 is 2.29 bits per heavy atom. The van der Waals surface area contributed by atoms with E-state index in [0.717, 1.165) is 12.1 Å². The van der Waals surface area contributed by atoms with Crippen LogP contribution in [0.4, 0.5) is 5.69 Å². The topological polar surface area (TPSA) is 71.2 Å². The number of nitrogens with zero attached hydrogens (tertiary/aromatic N) is 2. The SMILES string of the molecule is CCC(C)N(C)C(=O)c1cnc(C)cc1NN. The zero-order valence-corrected chi connectivity index (χ0v) is 10.8. The molecule has 1 atom stereocenters. The van der Waals surface area contributed by atoms with E-state index in [1.807, 2.05) is 20.8 Å². The van der Waals surface area contributed by atoms with Crippen LogP contribution in [0, 0.1) is 6.92 Å². The smallest absolute Gasteiger partial charge is 0.257 e. The second kappa shape index (κ2) is 5.63. The summed E-state index contributed by atoms with van der Waals surface area (Å²) in [5.41, 5.74) is 4.47. The lowest BCUT2D eigenvalue weighted by Crippen LogP contribution is -2.35. The van der Waals surface area contributed by atoms with Gasteiger partial charge in [0.2, 0.25) is 0 Å². The van der Waals surface area contributed by atoms with Gasteiger partial charge in [0.25, 0.3) is 5.91 Å². The highest BCUT2D eigenvalue weighted by atomic mass is 16.2. The number of pyridine rings is 1. The number of rotatable bonds is 4. The number of carbonyl (C=O) groups is 1. The van der Waals surface area contributed by atoms with Crippen LogP contribution in [0.1, 0.15) is 36.3 Å². The minimum Gasteiger partial charge on any atom is -0.339 e. The summed E-state index contributed by atoms with van der Waals surface area (Å²) < 4.78 is 0. The van der Waals surface area contributed by atoms with Crippen molar-refractivity contribution in [2.75, 3.05) is 12.5 Å². The Morgan fingerprint density at radius 3 is 2.82 bits per heavy atom. The number of hydrogen-bond acceptors (Lipinski definition) is 4. The molecule has 1 aromatic rings. The molecule has 1 aromatic heterocycles. The molecule has 0 aliphatic carbocycles. The van der Waals surface area contributed by atoms with E-state index in [1.165, 1.54) is 0 Å². The van der Waals surface area contributed by atoms with E-state index < -0.39 is 0 Å². The number of aromatic nitrogens is 1. The highest BCUT2D eigenvalue weighted by Gasteiger charge is 2.19. The molecule has 1 heterocycles. The monoisotopic (exact) mass is 236 g/mol. The second-order valence-corrected chi connectivity index (χ2v) is 4.19. The molecule has 1 unspecified atom stereocenters. The predicted octanol–water partition coefficient (Wildman–Crippen LogP) is 1.55. The van der Waals surface area contributed by atoms with Crippen LogP contribution in [0.25, 0.3) is 0 Å². The number of carbonyl (C=O) groups excluding carboxylic acids is 1. The summed E-state index contributed by atoms with van der Waals surface area (Å²) in [5, 5.41) is 0. The van der Waals surface area contributed by atoms with Crippen LogP contribution in [-0.4, -0.2) is 28.9 Å². The van der Waals surface area contributed by atoms with Gasteiger partial charge in [-0.15, -0.1) is 0 Å². The predicted molar refractivity (Wildman–Crippen MR) is 68.6 cm³/mol. The van der Waals surface area contributed by atoms with Crippen molar-refractivity contribution in [2.24, 2.45) is 5.84 Å². The number of hydrogen-bond donors (Lipinski definition) is 2. The van der Waals surface area contributed by atoms with Crippen LogP contribution in [0.15, 0.2) is 12.3 Å². The van der Waals surface area contributed by atoms with Crippen LogP contribution in [-0.2, 0) is 0 Å². The first-order valence-corrected chi connectivity index (χ1v) is 5.71. The number of hydrazine groups is 1. The van der Waals surface area contributed by atoms with Crippen molar-refractivity contribution in [2.45, 2.75) is 33.2 Å². The highest BCUT2D eigenvalue weighted by molar-refractivity contribution is 5.99. The summed E-state index contributed by atoms with van der Waals surface area (Å²) in [6.07, 6.45) is 2.47. The normalized spacial score (nSPS) is 12.1. The third kappa shape index (κ3) is 2.94. The van der Waals surface area contributed by atoms with Crippen molar-refractivity contribution in [1.29, 1.82) is 0 Å². The third-order valence-corrected chi connectivity index (χ3v) is 3.00. The van der Waals surface area contributed by atoms with Gasteiger partial charge in [0.1, 0.15) is 0 Å². The minimum atomic E-state index is -0.0696. The summed E-state index contributed by atoms with van der Waals surface area (Å²) in [4.78, 5) is 18.1. The Hall–Kier alpha value is -1.62. The molecular weight excluding hydrogens is 216 g/mol. The molecule has 94 valence electrons. The molecule has 0 aliphatic rings. The number of amides is 1. The molecule has 0 radical (unpaired) electrons. The maximum Gasteiger partial charge on any atom is 0.257 e. The van der Waals surface area contributed by atoms with Gasteiger partial charge in [-0.25, -0.2) is 0 Å². The van der Waals surface area contributed by atoms with Gasteiger partial charge in [-0.1, -0.05) is 6.92 Å². The van der Waals surface area contributed by atoms with Crippen molar-refractivity contribution < 1.29 is 4.79 Å². The number of anilines is 1. The quantitative estimate of drug-likeness (QED) is 0.614. The first kappa shape index (κ1) is 13.4. The molecule has 0 spiro atoms. The molecule has 1 amide bonds. The summed E-state index contributed by atoms with van der Waals surface area (Å²) in [6, 6.07) is 1.95. The molecule has 5 nitrogen and oxygen atoms in total. The van der Waals surface area contributed by atoms with Crippen LogP contribution in [0.2, 0.25) is 0 Å². The van der Waals surface area contributed by atoms with Crippen LogP contribution < -0.4 is 11.3 Å². The third-order valence-electron chi connectivity index (χ3n) is 3.00. The van der Waals surface area contributed by atoms with Crippen LogP contribution in [0.3, 0.4) is 0 Å². The van der Waals surface area contributed by atoms with Gasteiger partial charge in [-0.2, -0.15) is 0 Å². The van der Waals surface area contributed by atoms with Crippen LogP contribution in [0.5, 0.6) is 0 Å². The van der Waals surface area contributed by atoms with Gasteiger partial charge in [0.05, 0.1) is 11.3 Å². The Kier molecular flexibility index (Phi) is 4.45. The van der Waals surface area contributed by atoms with Crippen LogP contribution >= 0.6 is 0 Å². The fraction of sp³-hybridized carbons (Fsp3) is 0.500. The molecule has 3 N–H and O–H groups in total. The lowest BCUT2D eigenvalue weighted by Gasteiger charge is -2.24. The fourth-order valence-corrected chi connectivity index (χ4v) is 1.51. The van der Waals surface area contributed by atoms with Crippen molar-refractivity contribution >= 4 is 11.6 Å². The molecule has 0 aromatic carbocycles. The molecule has 0 saturated heterocycles. The lowest BCUT2D eigenvalue weighted by molar-refractivity contribution is 0.0741. The number of aryl methyl sites for hydroxylation is 1. The van der Waals surface area contributed by atoms with E-state index in [4.69, 9.17) is 5.84 Å². The maximum absolute atomic E-state index is 12.2. The van der Waals surface area contributed by atoms with Gasteiger partial charge in [-0.05, 0) is 26.3 Å². The van der Waals surface area contributed by atoms with Crippen molar-refractivity contribution in [1.82, 2.24) is 9.88 Å². The summed E-state index contributed by atoms with van der Waals surface area (Å²) in [5.74, 6) is 5.35. The average Bonchev–Trinajstić information content (AvgIpc) is 2.35. The minimum absolute atomic E-state index is 0.0696. The van der Waals surface area contributed by atoms with E-state index in [-0.39, 0.29) is 11.9 Å². The van der Waals surface area contributed by atoms with Gasteiger partial charge < -0.3 is 10.3 Å². The standard InChI is InChI=1S/C12H20N4O/c1-5-9(3)16(4)12(17)10-7-14-8(2)6-11(10)15-13/h6-7,9H,5,13H2,1-4H3,(H,14,15). The number of nitrogen functional groups attached to an aromatic ring is 1. The molecule has 0 fully saturated rings. The van der Waals surface area contributed by atoms with E-state index in [2.05, 4.69) is 10.4 Å². The number of nitrogens with two attached hydrogens (primary N) is 1. The zero-order chi connectivity index (χ0) is 13.0. The fourth-order valence-electron chi connectivity index (χ4n) is 1.51. The Labute approximate surface area is 102 Å². The molecular formula is C12H20N4O. The molecule has 0 saturated carbocycles. The Bertz CT molecular complexity index is 405. The van der Waals surface area contributed by atoms with E-state index in [9.17, 15) is 4.79 Å². The lowest BCUT2D eigenvalue weighted by atomic mass is 10.1. The van der Waals surface area contributed by atoms with Gasteiger partial charge in [0, 0.05) is 25.0 Å². The van der Waals surface area contributed by atoms with Crippen molar-refractivity contribution in [3.63, 3.8) is 0 Å². The summed E-state index contributed by atoms with van der Waals surface area (Å²) >= 11 is 0. The van der Waals surface area contributed by atoms with E-state index in [1.54, 1.807) is 24.2 Å².